The summed E-state index contributed by atoms with van der Waals surface area (Å²) in [6, 6.07) is 43.8. The van der Waals surface area contributed by atoms with Gasteiger partial charge >= 0.3 is 13.6 Å². The first-order valence-corrected chi connectivity index (χ1v) is 24.5. The topological polar surface area (TPSA) is 228 Å². The van der Waals surface area contributed by atoms with E-state index in [9.17, 15) is 24.3 Å². The second-order valence-electron chi connectivity index (χ2n) is 16.5. The Morgan fingerprint density at radius 3 is 1.96 bits per heavy atom. The minimum atomic E-state index is -4.73. The minimum absolute atomic E-state index is 0.0125. The molecule has 3 aromatic heterocycles. The normalized spacial score (nSPS) is 17.4. The molecule has 1 amide bonds. The number of hydrogen-bond donors (Lipinski definition) is 2. The van der Waals surface area contributed by atoms with E-state index >= 15 is 0 Å². The number of imidazole rings is 1. The molecule has 0 spiro atoms. The van der Waals surface area contributed by atoms with Crippen LogP contribution in [0.4, 0.5) is 5.82 Å². The molecule has 1 aliphatic heterocycles. The first-order valence-electron chi connectivity index (χ1n) is 22.8. The van der Waals surface area contributed by atoms with Crippen molar-refractivity contribution in [1.82, 2.24) is 19.5 Å². The first kappa shape index (κ1) is 49.9. The zero-order chi connectivity index (χ0) is 51.0. The van der Waals surface area contributed by atoms with Crippen LogP contribution < -0.4 is 24.3 Å². The Morgan fingerprint density at radius 2 is 1.34 bits per heavy atom. The van der Waals surface area contributed by atoms with Gasteiger partial charge in [-0.1, -0.05) is 91.0 Å². The van der Waals surface area contributed by atoms with Crippen LogP contribution in [0.1, 0.15) is 49.3 Å². The van der Waals surface area contributed by atoms with Gasteiger partial charge in [0.05, 0.1) is 45.9 Å². The lowest BCUT2D eigenvalue weighted by atomic mass is 9.80. The van der Waals surface area contributed by atoms with Crippen molar-refractivity contribution in [1.29, 1.82) is 0 Å². The summed E-state index contributed by atoms with van der Waals surface area (Å²) in [6.45, 7) is -0.905. The second-order valence-corrected chi connectivity index (χ2v) is 18.3. The van der Waals surface area contributed by atoms with Crippen molar-refractivity contribution in [2.45, 2.75) is 36.7 Å². The van der Waals surface area contributed by atoms with E-state index in [0.717, 1.165) is 0 Å². The largest absolute Gasteiger partial charge is 0.618 e. The van der Waals surface area contributed by atoms with Gasteiger partial charge in [-0.3, -0.25) is 18.5 Å². The molecule has 73 heavy (non-hydrogen) atoms. The number of carbonyl (C=O) groups excluding carboxylic acids is 2. The molecule has 19 nitrogen and oxygen atoms in total. The van der Waals surface area contributed by atoms with Crippen molar-refractivity contribution in [3.8, 4) is 17.2 Å². The molecule has 374 valence electrons. The van der Waals surface area contributed by atoms with Crippen LogP contribution in [-0.2, 0) is 40.2 Å². The number of rotatable bonds is 20. The van der Waals surface area contributed by atoms with Crippen LogP contribution in [0.3, 0.4) is 0 Å². The molecule has 2 N–H and O–H groups in total. The molecule has 1 saturated heterocycles. The van der Waals surface area contributed by atoms with Gasteiger partial charge in [0, 0.05) is 11.6 Å². The summed E-state index contributed by atoms with van der Waals surface area (Å²) in [5.74, 6) is 0.391. The number of aromatic nitrogens is 5. The average molecular weight is 1010 g/mol. The zero-order valence-electron chi connectivity index (χ0n) is 39.6. The summed E-state index contributed by atoms with van der Waals surface area (Å²) in [6.07, 6.45) is -2.49. The Morgan fingerprint density at radius 1 is 0.753 bits per heavy atom. The van der Waals surface area contributed by atoms with Crippen molar-refractivity contribution in [3.05, 3.63) is 209 Å². The highest BCUT2D eigenvalue weighted by Gasteiger charge is 2.52. The summed E-state index contributed by atoms with van der Waals surface area (Å²) in [5.41, 5.74) is 1.59. The molecule has 5 atom stereocenters. The molecule has 1 unspecified atom stereocenters. The molecule has 0 aliphatic carbocycles. The number of fused-ring (bicyclic) bond motifs is 1. The standard InChI is InChI=1S/C53H49N6O13P/c1-65-41-23-19-38(20-24-41)53(37-17-11-6-12-18-37,39-21-25-42(66-2)26-22-39)69-31-44-46(68-34-73(63,64)70-30-40-29-43(67-3)27-28-59(40)62)47(72-52(61)36-15-9-5-10-16-36)51(71-44)58-33-56-45-48(54-32-55-49(45)58)57-50(60)35-13-7-4-8-14-35/h4-29,32-33,44,46-47,51H,30-31,34H2,1-3H3,(H,63,64)(H,54,55,57,60)/t44-,46-,47-,51-/m1/s1. The van der Waals surface area contributed by atoms with E-state index < -0.39 is 62.6 Å². The number of benzene rings is 5. The van der Waals surface area contributed by atoms with E-state index in [2.05, 4.69) is 20.3 Å². The summed E-state index contributed by atoms with van der Waals surface area (Å²) >= 11 is 0. The predicted molar refractivity (Wildman–Crippen MR) is 264 cm³/mol. The summed E-state index contributed by atoms with van der Waals surface area (Å²) in [5, 5.41) is 15.4. The Kier molecular flexibility index (Phi) is 15.2. The fourth-order valence-electron chi connectivity index (χ4n) is 8.47. The molecule has 1 fully saturated rings. The van der Waals surface area contributed by atoms with E-state index in [1.165, 1.54) is 42.7 Å². The molecular weight excluding hydrogens is 960 g/mol. The minimum Gasteiger partial charge on any atom is -0.618 e. The molecule has 9 rings (SSSR count). The summed E-state index contributed by atoms with van der Waals surface area (Å²) in [4.78, 5) is 52.4. The van der Waals surface area contributed by atoms with E-state index in [1.54, 1.807) is 74.9 Å². The van der Waals surface area contributed by atoms with Crippen LogP contribution in [0, 0.1) is 5.21 Å². The molecule has 0 bridgehead atoms. The fraction of sp³-hybridized carbons (Fsp3) is 0.208. The van der Waals surface area contributed by atoms with Crippen molar-refractivity contribution in [2.24, 2.45) is 0 Å². The van der Waals surface area contributed by atoms with Crippen molar-refractivity contribution in [3.63, 3.8) is 0 Å². The number of methoxy groups -OCH3 is 3. The van der Waals surface area contributed by atoms with Gasteiger partial charge in [0.1, 0.15) is 54.3 Å². The number of nitrogens with one attached hydrogen (secondary N) is 1. The number of ether oxygens (including phenoxy) is 7. The number of hydrogen-bond acceptors (Lipinski definition) is 15. The summed E-state index contributed by atoms with van der Waals surface area (Å²) < 4.78 is 64.7. The summed E-state index contributed by atoms with van der Waals surface area (Å²) in [7, 11) is -0.175. The molecular formula is C53H49N6O13P. The Balaban J connectivity index is 1.14. The Bertz CT molecular complexity index is 3160. The molecule has 4 heterocycles. The number of amides is 1. The van der Waals surface area contributed by atoms with Crippen LogP contribution in [0.25, 0.3) is 11.2 Å². The quantitative estimate of drug-likeness (QED) is 0.0246. The highest BCUT2D eigenvalue weighted by Crippen LogP contribution is 2.47. The number of esters is 1. The fourth-order valence-corrected chi connectivity index (χ4v) is 9.24. The van der Waals surface area contributed by atoms with Crippen LogP contribution in [0.15, 0.2) is 171 Å². The average Bonchev–Trinajstić information content (AvgIpc) is 4.02. The molecule has 1 aliphatic rings. The van der Waals surface area contributed by atoms with Gasteiger partial charge in [-0.15, -0.1) is 0 Å². The Labute approximate surface area is 418 Å². The first-order chi connectivity index (χ1) is 35.5. The SMILES string of the molecule is COc1ccc(C(OC[C@H]2O[C@@H](n3cnc4c(NC(=O)c5ccccc5)ncnc43)[C@H](OC(=O)c3ccccc3)[C@@H]2OCP(=O)(O)OCc2cc(OC)cc[n+]2[O-])(c2ccccc2)c2ccc(OC)cc2)cc1. The third-order valence-corrected chi connectivity index (χ3v) is 13.1. The maximum Gasteiger partial charge on any atom is 0.354 e. The van der Waals surface area contributed by atoms with Gasteiger partial charge in [0.2, 0.25) is 5.69 Å². The van der Waals surface area contributed by atoms with Gasteiger partial charge in [0.15, 0.2) is 35.5 Å². The number of carbonyl (C=O) groups is 2. The molecule has 0 saturated carbocycles. The third kappa shape index (κ3) is 10.9. The molecule has 0 radical (unpaired) electrons. The smallest absolute Gasteiger partial charge is 0.354 e. The Hall–Kier alpha value is -8.03. The number of pyridine rings is 1. The number of anilines is 1. The molecule has 20 heteroatoms. The van der Waals surface area contributed by atoms with E-state index in [-0.39, 0.29) is 34.8 Å². The zero-order valence-corrected chi connectivity index (χ0v) is 40.5. The van der Waals surface area contributed by atoms with Crippen LogP contribution in [-0.4, -0.2) is 88.9 Å². The van der Waals surface area contributed by atoms with Crippen molar-refractivity contribution < 1.29 is 61.5 Å². The van der Waals surface area contributed by atoms with E-state index in [4.69, 9.17) is 37.7 Å². The highest BCUT2D eigenvalue weighted by molar-refractivity contribution is 7.52. The van der Waals surface area contributed by atoms with E-state index in [1.807, 2.05) is 78.9 Å². The lowest BCUT2D eigenvalue weighted by Gasteiger charge is -2.37. The van der Waals surface area contributed by atoms with Gasteiger partial charge in [0.25, 0.3) is 5.91 Å². The third-order valence-electron chi connectivity index (χ3n) is 12.1. The predicted octanol–water partition coefficient (Wildman–Crippen LogP) is 7.61. The second kappa shape index (κ2) is 22.2. The van der Waals surface area contributed by atoms with Gasteiger partial charge in [-0.2, -0.15) is 4.73 Å². The van der Waals surface area contributed by atoms with Crippen molar-refractivity contribution in [2.75, 3.05) is 39.6 Å². The van der Waals surface area contributed by atoms with Gasteiger partial charge in [-0.25, -0.2) is 19.7 Å². The van der Waals surface area contributed by atoms with E-state index in [0.29, 0.717) is 44.2 Å². The number of nitrogens with zero attached hydrogens (tertiary/aromatic N) is 5. The van der Waals surface area contributed by atoms with Crippen LogP contribution in [0.2, 0.25) is 0 Å². The van der Waals surface area contributed by atoms with Gasteiger partial charge in [-0.05, 0) is 65.2 Å². The van der Waals surface area contributed by atoms with Crippen molar-refractivity contribution >= 4 is 36.5 Å². The maximum absolute atomic E-state index is 14.2. The highest BCUT2D eigenvalue weighted by atomic mass is 31.2. The van der Waals surface area contributed by atoms with Crippen LogP contribution in [0.5, 0.6) is 17.2 Å². The lowest BCUT2D eigenvalue weighted by Crippen LogP contribution is -2.42. The van der Waals surface area contributed by atoms with Crippen LogP contribution >= 0.6 is 7.60 Å². The van der Waals surface area contributed by atoms with Gasteiger partial charge < -0.3 is 48.6 Å². The maximum atomic E-state index is 14.2. The molecule has 5 aromatic carbocycles. The lowest BCUT2D eigenvalue weighted by molar-refractivity contribution is -0.616. The monoisotopic (exact) mass is 1010 g/mol. The molecule has 8 aromatic rings.